The van der Waals surface area contributed by atoms with E-state index in [4.69, 9.17) is 23.2 Å². The molecule has 2 aromatic rings. The van der Waals surface area contributed by atoms with Crippen LogP contribution in [0.4, 0.5) is 5.69 Å². The lowest BCUT2D eigenvalue weighted by atomic mass is 10.0. The van der Waals surface area contributed by atoms with E-state index in [1.165, 1.54) is 8.61 Å². The number of hydrogen-bond acceptors (Lipinski definition) is 8. The highest BCUT2D eigenvalue weighted by Gasteiger charge is 2.37. The molecule has 2 aromatic carbocycles. The van der Waals surface area contributed by atoms with E-state index in [0.717, 1.165) is 23.1 Å². The number of amides is 1. The van der Waals surface area contributed by atoms with E-state index in [9.17, 15) is 33.0 Å². The molecule has 4 rings (SSSR count). The van der Waals surface area contributed by atoms with Crippen LogP contribution in [0.5, 0.6) is 0 Å². The van der Waals surface area contributed by atoms with Crippen molar-refractivity contribution in [2.45, 2.75) is 74.8 Å². The van der Waals surface area contributed by atoms with Crippen LogP contribution in [0.3, 0.4) is 0 Å². The van der Waals surface area contributed by atoms with Gasteiger partial charge in [-0.15, -0.1) is 15.3 Å². The predicted molar refractivity (Wildman–Crippen MR) is 169 cm³/mol. The first-order valence-corrected chi connectivity index (χ1v) is 17.2. The van der Waals surface area contributed by atoms with Crippen molar-refractivity contribution < 1.29 is 33.0 Å². The third-order valence-corrected chi connectivity index (χ3v) is 11.0. The second-order valence-corrected chi connectivity index (χ2v) is 14.3. The molecule has 1 unspecified atom stereocenters. The molecule has 2 aliphatic heterocycles. The summed E-state index contributed by atoms with van der Waals surface area (Å²) < 4.78 is 30.1. The minimum atomic E-state index is -3.92. The second-order valence-electron chi connectivity index (χ2n) is 10.6. The van der Waals surface area contributed by atoms with Gasteiger partial charge in [0.2, 0.25) is 5.91 Å². The topological polar surface area (TPSA) is 168 Å². The van der Waals surface area contributed by atoms with E-state index in [1.807, 2.05) is 12.1 Å². The van der Waals surface area contributed by atoms with E-state index in [1.54, 1.807) is 37.3 Å². The maximum absolute atomic E-state index is 13.1. The molecule has 0 aliphatic carbocycles. The summed E-state index contributed by atoms with van der Waals surface area (Å²) in [6.45, 7) is 1.94. The molecule has 12 nitrogen and oxygen atoms in total. The number of anilines is 1. The van der Waals surface area contributed by atoms with Crippen molar-refractivity contribution in [3.63, 3.8) is 0 Å². The molecule has 2 aliphatic rings. The molecule has 0 spiro atoms. The summed E-state index contributed by atoms with van der Waals surface area (Å²) >= 11 is 13.2. The van der Waals surface area contributed by atoms with Crippen molar-refractivity contribution in [2.24, 2.45) is 0 Å². The Morgan fingerprint density at radius 1 is 1.14 bits per heavy atom. The number of rotatable bonds is 14. The average molecular weight is 689 g/mol. The molecular weight excluding hydrogens is 653 g/mol. The molecule has 0 bridgehead atoms. The fourth-order valence-electron chi connectivity index (χ4n) is 5.16. The van der Waals surface area contributed by atoms with Gasteiger partial charge in [0, 0.05) is 23.0 Å². The number of nitrogens with one attached hydrogen (secondary N) is 3. The van der Waals surface area contributed by atoms with Gasteiger partial charge in [-0.3, -0.25) is 14.9 Å². The highest BCUT2D eigenvalue weighted by Crippen LogP contribution is 2.40. The number of halogens is 2. The van der Waals surface area contributed by atoms with E-state index in [0.29, 0.717) is 47.8 Å². The van der Waals surface area contributed by atoms with Crippen LogP contribution in [0.25, 0.3) is 0 Å². The minimum absolute atomic E-state index is 0.0195. The maximum Gasteiger partial charge on any atom is 0.326 e. The summed E-state index contributed by atoms with van der Waals surface area (Å²) in [4.78, 5) is 38.1. The Bertz CT molecular complexity index is 1460. The lowest BCUT2D eigenvalue weighted by Gasteiger charge is -2.34. The van der Waals surface area contributed by atoms with E-state index in [-0.39, 0.29) is 18.8 Å². The summed E-state index contributed by atoms with van der Waals surface area (Å²) in [6, 6.07) is 9.77. The molecule has 2 heterocycles. The third-order valence-electron chi connectivity index (χ3n) is 7.47. The van der Waals surface area contributed by atoms with Gasteiger partial charge < -0.3 is 20.4 Å². The standard InChI is InChI=1S/C28H35Cl2N5O7S2/c1-17(26(36)34-13-3-6-23(34)28(39)40)32-21(27(37)38)5-2-4-18-7-9-19(10-8-18)16-31-44(41,42)35-25(15-29)33-22-14-20(30)11-12-24(22)43-35/h7-12,14,17,21,23,25,31-33H,2-6,13,15-16H2,1H3,(H,37,38)(H,39,40)/t17?,21-,23-,25-/m0/s1. The van der Waals surface area contributed by atoms with Crippen LogP contribution in [0.1, 0.15) is 43.7 Å². The molecule has 240 valence electrons. The number of carboxylic acid groups (broad SMARTS) is 2. The Balaban J connectivity index is 1.26. The lowest BCUT2D eigenvalue weighted by molar-refractivity contribution is -0.149. The normalized spacial score (nSPS) is 20.0. The van der Waals surface area contributed by atoms with Gasteiger partial charge in [-0.1, -0.05) is 35.9 Å². The van der Waals surface area contributed by atoms with Crippen molar-refractivity contribution in [3.05, 3.63) is 58.6 Å². The van der Waals surface area contributed by atoms with Crippen LogP contribution in [0.2, 0.25) is 5.02 Å². The number of carbonyl (C=O) groups excluding carboxylic acids is 1. The second kappa shape index (κ2) is 15.1. The average Bonchev–Trinajstić information content (AvgIpc) is 3.49. The van der Waals surface area contributed by atoms with Crippen LogP contribution in [0.15, 0.2) is 47.4 Å². The Morgan fingerprint density at radius 3 is 2.50 bits per heavy atom. The lowest BCUT2D eigenvalue weighted by Crippen LogP contribution is -2.53. The number of hydrogen-bond donors (Lipinski definition) is 5. The molecular formula is C28H35Cl2N5O7S2. The third kappa shape index (κ3) is 8.56. The van der Waals surface area contributed by atoms with Gasteiger partial charge in [0.1, 0.15) is 18.2 Å². The van der Waals surface area contributed by atoms with Gasteiger partial charge in [0.15, 0.2) is 0 Å². The summed E-state index contributed by atoms with van der Waals surface area (Å²) in [5, 5.41) is 25.5. The molecule has 16 heteroatoms. The molecule has 44 heavy (non-hydrogen) atoms. The SMILES string of the molecule is CC(N[C@@H](CCCc1ccc(CNS(=O)(=O)N2Sc3ccc(Cl)cc3N[C@@H]2CCl)cc1)C(=O)O)C(=O)N1CCC[C@H]1C(=O)O. The summed E-state index contributed by atoms with van der Waals surface area (Å²) in [7, 11) is -3.92. The van der Waals surface area contributed by atoms with Crippen LogP contribution < -0.4 is 15.4 Å². The summed E-state index contributed by atoms with van der Waals surface area (Å²) in [5.74, 6) is -2.55. The van der Waals surface area contributed by atoms with Gasteiger partial charge >= 0.3 is 11.9 Å². The number of aryl methyl sites for hydroxylation is 1. The van der Waals surface area contributed by atoms with E-state index >= 15 is 0 Å². The first-order chi connectivity index (χ1) is 20.9. The number of carbonyl (C=O) groups is 3. The first kappa shape index (κ1) is 34.3. The number of likely N-dealkylation sites (tertiary alicyclic amines) is 1. The molecule has 1 saturated heterocycles. The zero-order valence-electron chi connectivity index (χ0n) is 23.9. The molecule has 1 fully saturated rings. The van der Waals surface area contributed by atoms with Gasteiger partial charge in [-0.05, 0) is 80.3 Å². The fourth-order valence-corrected chi connectivity index (χ4v) is 8.23. The number of nitrogens with zero attached hydrogens (tertiary/aromatic N) is 2. The molecule has 5 N–H and O–H groups in total. The molecule has 0 aromatic heterocycles. The van der Waals surface area contributed by atoms with Crippen molar-refractivity contribution in [2.75, 3.05) is 17.7 Å². The minimum Gasteiger partial charge on any atom is -0.480 e. The zero-order chi connectivity index (χ0) is 32.0. The Hall–Kier alpha value is -2.59. The van der Waals surface area contributed by atoms with Crippen LogP contribution >= 0.6 is 35.1 Å². The van der Waals surface area contributed by atoms with E-state index in [2.05, 4.69) is 15.4 Å². The zero-order valence-corrected chi connectivity index (χ0v) is 27.1. The quantitative estimate of drug-likeness (QED) is 0.146. The monoisotopic (exact) mass is 687 g/mol. The Kier molecular flexibility index (Phi) is 11.8. The van der Waals surface area contributed by atoms with E-state index < -0.39 is 52.3 Å². The smallest absolute Gasteiger partial charge is 0.326 e. The number of aliphatic carboxylic acids is 2. The fraction of sp³-hybridized carbons (Fsp3) is 0.464. The number of alkyl halides is 1. The summed E-state index contributed by atoms with van der Waals surface area (Å²) in [5.41, 5.74) is 2.39. The number of fused-ring (bicyclic) bond motifs is 1. The molecule has 1 amide bonds. The van der Waals surface area contributed by atoms with Crippen molar-refractivity contribution in [3.8, 4) is 0 Å². The maximum atomic E-state index is 13.1. The number of carboxylic acids is 2. The van der Waals surface area contributed by atoms with Crippen molar-refractivity contribution in [1.29, 1.82) is 0 Å². The predicted octanol–water partition coefficient (Wildman–Crippen LogP) is 3.50. The molecule has 0 saturated carbocycles. The van der Waals surface area contributed by atoms with Crippen molar-refractivity contribution >= 4 is 68.9 Å². The van der Waals surface area contributed by atoms with Crippen LogP contribution in [-0.4, -0.2) is 81.8 Å². The summed E-state index contributed by atoms with van der Waals surface area (Å²) in [6.07, 6.45) is 1.65. The Morgan fingerprint density at radius 2 is 1.84 bits per heavy atom. The largest absolute Gasteiger partial charge is 0.480 e. The van der Waals surface area contributed by atoms with Crippen LogP contribution in [0, 0.1) is 0 Å². The van der Waals surface area contributed by atoms with Crippen LogP contribution in [-0.2, 0) is 37.6 Å². The highest BCUT2D eigenvalue weighted by atomic mass is 35.5. The molecule has 0 radical (unpaired) electrons. The highest BCUT2D eigenvalue weighted by molar-refractivity contribution is 8.08. The molecule has 4 atom stereocenters. The van der Waals surface area contributed by atoms with Crippen molar-refractivity contribution in [1.82, 2.24) is 18.6 Å². The number of benzene rings is 2. The van der Waals surface area contributed by atoms with Gasteiger partial charge in [-0.25, -0.2) is 4.79 Å². The van der Waals surface area contributed by atoms with Gasteiger partial charge in [0.25, 0.3) is 10.2 Å². The first-order valence-electron chi connectivity index (χ1n) is 14.1. The Labute approximate surface area is 270 Å². The van der Waals surface area contributed by atoms with Gasteiger partial charge in [-0.2, -0.15) is 13.1 Å². The van der Waals surface area contributed by atoms with Gasteiger partial charge in [0.05, 0.1) is 17.6 Å².